The molecule has 0 aliphatic heterocycles. The lowest BCUT2D eigenvalue weighted by Gasteiger charge is -2.03. The van der Waals surface area contributed by atoms with Crippen LogP contribution in [0, 0.1) is 0 Å². The van der Waals surface area contributed by atoms with E-state index in [0.717, 1.165) is 16.4 Å². The second-order valence-corrected chi connectivity index (χ2v) is 5.25. The van der Waals surface area contributed by atoms with Gasteiger partial charge in [-0.15, -0.1) is 0 Å². The highest BCUT2D eigenvalue weighted by Crippen LogP contribution is 2.15. The van der Waals surface area contributed by atoms with Gasteiger partial charge in [0.05, 0.1) is 5.52 Å². The number of hydrogen-bond acceptors (Lipinski definition) is 2. The molecule has 2 heterocycles. The van der Waals surface area contributed by atoms with Crippen LogP contribution >= 0.6 is 15.9 Å². The van der Waals surface area contributed by atoms with Crippen LogP contribution in [-0.2, 0) is 13.0 Å². The van der Waals surface area contributed by atoms with Crippen LogP contribution in [0.15, 0.2) is 51.9 Å². The Morgan fingerprint density at radius 3 is 2.84 bits per heavy atom. The van der Waals surface area contributed by atoms with Crippen molar-refractivity contribution in [2.45, 2.75) is 13.0 Å². The summed E-state index contributed by atoms with van der Waals surface area (Å²) in [5.74, 6) is 0. The highest BCUT2D eigenvalue weighted by Gasteiger charge is 2.08. The third kappa shape index (κ3) is 2.46. The van der Waals surface area contributed by atoms with Crippen molar-refractivity contribution in [1.29, 1.82) is 0 Å². The molecule has 0 unspecified atom stereocenters. The van der Waals surface area contributed by atoms with Crippen LogP contribution in [-0.4, -0.2) is 14.5 Å². The first-order valence-corrected chi connectivity index (χ1v) is 6.81. The number of aryl methyl sites for hydroxylation is 2. The van der Waals surface area contributed by atoms with E-state index < -0.39 is 0 Å². The summed E-state index contributed by atoms with van der Waals surface area (Å²) in [5, 5.41) is 0. The van der Waals surface area contributed by atoms with Crippen LogP contribution < -0.4 is 5.69 Å². The molecule has 0 radical (unpaired) electrons. The van der Waals surface area contributed by atoms with E-state index in [0.29, 0.717) is 12.2 Å². The van der Waals surface area contributed by atoms with Gasteiger partial charge in [-0.05, 0) is 34.0 Å². The van der Waals surface area contributed by atoms with Gasteiger partial charge in [0.1, 0.15) is 0 Å². The van der Waals surface area contributed by atoms with Gasteiger partial charge in [-0.2, -0.15) is 0 Å². The Kier molecular flexibility index (Phi) is 3.21. The minimum atomic E-state index is -0.114. The van der Waals surface area contributed by atoms with E-state index in [-0.39, 0.29) is 5.69 Å². The summed E-state index contributed by atoms with van der Waals surface area (Å²) in [6.45, 7) is 0.640. The quantitative estimate of drug-likeness (QED) is 0.807. The number of rotatable bonds is 3. The number of fused-ring (bicyclic) bond motifs is 1. The standard InChI is InChI=1S/C14H12BrN3O/c15-11-8-12-13(16-9-11)17-14(19)18(12)7-6-10-4-2-1-3-5-10/h1-5,8-9H,6-7H2,(H,16,17,19). The minimum Gasteiger partial charge on any atom is -0.290 e. The number of aromatic amines is 1. The van der Waals surface area contributed by atoms with E-state index >= 15 is 0 Å². The number of H-pyrrole nitrogens is 1. The third-order valence-corrected chi connectivity index (χ3v) is 3.50. The topological polar surface area (TPSA) is 50.7 Å². The summed E-state index contributed by atoms with van der Waals surface area (Å²) in [4.78, 5) is 18.9. The van der Waals surface area contributed by atoms with Gasteiger partial charge in [0, 0.05) is 17.2 Å². The number of pyridine rings is 1. The normalized spacial score (nSPS) is 11.0. The van der Waals surface area contributed by atoms with E-state index in [4.69, 9.17) is 0 Å². The maximum absolute atomic E-state index is 11.9. The maximum Gasteiger partial charge on any atom is 0.327 e. The van der Waals surface area contributed by atoms with E-state index in [1.807, 2.05) is 24.3 Å². The molecule has 0 bridgehead atoms. The van der Waals surface area contributed by atoms with E-state index in [9.17, 15) is 4.79 Å². The van der Waals surface area contributed by atoms with Gasteiger partial charge in [0.15, 0.2) is 5.65 Å². The average molecular weight is 318 g/mol. The fourth-order valence-corrected chi connectivity index (χ4v) is 2.44. The Balaban J connectivity index is 1.94. The highest BCUT2D eigenvalue weighted by atomic mass is 79.9. The molecule has 4 nitrogen and oxygen atoms in total. The maximum atomic E-state index is 11.9. The number of benzene rings is 1. The van der Waals surface area contributed by atoms with Crippen molar-refractivity contribution in [3.05, 3.63) is 63.1 Å². The molecule has 0 aliphatic carbocycles. The van der Waals surface area contributed by atoms with Gasteiger partial charge in [0.2, 0.25) is 0 Å². The monoisotopic (exact) mass is 317 g/mol. The number of halogens is 1. The number of imidazole rings is 1. The van der Waals surface area contributed by atoms with Crippen molar-refractivity contribution in [2.24, 2.45) is 0 Å². The third-order valence-electron chi connectivity index (χ3n) is 3.06. The number of aromatic nitrogens is 3. The zero-order valence-electron chi connectivity index (χ0n) is 10.1. The summed E-state index contributed by atoms with van der Waals surface area (Å²) in [7, 11) is 0. The van der Waals surface area contributed by atoms with Crippen molar-refractivity contribution in [2.75, 3.05) is 0 Å². The van der Waals surface area contributed by atoms with Gasteiger partial charge < -0.3 is 0 Å². The molecule has 0 fully saturated rings. The van der Waals surface area contributed by atoms with Crippen LogP contribution in [0.3, 0.4) is 0 Å². The SMILES string of the molecule is O=c1[nH]c2ncc(Br)cc2n1CCc1ccccc1. The zero-order valence-corrected chi connectivity index (χ0v) is 11.7. The van der Waals surface area contributed by atoms with Gasteiger partial charge >= 0.3 is 5.69 Å². The van der Waals surface area contributed by atoms with Gasteiger partial charge in [-0.25, -0.2) is 9.78 Å². The van der Waals surface area contributed by atoms with Crippen LogP contribution in [0.25, 0.3) is 11.2 Å². The molecule has 0 amide bonds. The number of nitrogens with zero attached hydrogens (tertiary/aromatic N) is 2. The van der Waals surface area contributed by atoms with Crippen LogP contribution in [0.4, 0.5) is 0 Å². The average Bonchev–Trinajstić information content (AvgIpc) is 2.73. The lowest BCUT2D eigenvalue weighted by molar-refractivity contribution is 0.691. The fraction of sp³-hybridized carbons (Fsp3) is 0.143. The predicted molar refractivity (Wildman–Crippen MR) is 78.2 cm³/mol. The van der Waals surface area contributed by atoms with Gasteiger partial charge in [-0.3, -0.25) is 9.55 Å². The Hall–Kier alpha value is -1.88. The summed E-state index contributed by atoms with van der Waals surface area (Å²) >= 11 is 3.38. The molecule has 0 saturated heterocycles. The molecule has 1 N–H and O–H groups in total. The van der Waals surface area contributed by atoms with E-state index in [2.05, 4.69) is 38.0 Å². The first-order valence-electron chi connectivity index (χ1n) is 6.02. The molecule has 3 aromatic rings. The fourth-order valence-electron chi connectivity index (χ4n) is 2.12. The molecule has 3 rings (SSSR count). The lowest BCUT2D eigenvalue weighted by Crippen LogP contribution is -2.17. The first-order chi connectivity index (χ1) is 9.24. The summed E-state index contributed by atoms with van der Waals surface area (Å²) in [6, 6.07) is 12.0. The molecule has 0 atom stereocenters. The molecule has 0 aliphatic rings. The first kappa shape index (κ1) is 12.2. The summed E-state index contributed by atoms with van der Waals surface area (Å²) in [6.07, 6.45) is 2.50. The van der Waals surface area contributed by atoms with Crippen molar-refractivity contribution in [1.82, 2.24) is 14.5 Å². The van der Waals surface area contributed by atoms with Crippen molar-refractivity contribution in [3.63, 3.8) is 0 Å². The van der Waals surface area contributed by atoms with Gasteiger partial charge in [-0.1, -0.05) is 30.3 Å². The van der Waals surface area contributed by atoms with E-state index in [1.54, 1.807) is 10.8 Å². The zero-order chi connectivity index (χ0) is 13.2. The molecule has 0 spiro atoms. The Morgan fingerprint density at radius 2 is 2.05 bits per heavy atom. The molecular formula is C14H12BrN3O. The Morgan fingerprint density at radius 1 is 1.26 bits per heavy atom. The second kappa shape index (κ2) is 5.01. The summed E-state index contributed by atoms with van der Waals surface area (Å²) in [5.41, 5.74) is 2.56. The predicted octanol–water partition coefficient (Wildman–Crippen LogP) is 2.73. The number of hydrogen-bond donors (Lipinski definition) is 1. The minimum absolute atomic E-state index is 0.114. The molecule has 5 heteroatoms. The van der Waals surface area contributed by atoms with Crippen LogP contribution in [0.5, 0.6) is 0 Å². The number of nitrogens with one attached hydrogen (secondary N) is 1. The lowest BCUT2D eigenvalue weighted by atomic mass is 10.1. The Bertz CT molecular complexity index is 761. The smallest absolute Gasteiger partial charge is 0.290 e. The van der Waals surface area contributed by atoms with Gasteiger partial charge in [0.25, 0.3) is 0 Å². The molecule has 1 aromatic carbocycles. The van der Waals surface area contributed by atoms with Crippen molar-refractivity contribution < 1.29 is 0 Å². The van der Waals surface area contributed by atoms with Crippen LogP contribution in [0.2, 0.25) is 0 Å². The van der Waals surface area contributed by atoms with E-state index in [1.165, 1.54) is 5.56 Å². The molecule has 2 aromatic heterocycles. The van der Waals surface area contributed by atoms with Crippen LogP contribution in [0.1, 0.15) is 5.56 Å². The Labute approximate surface area is 118 Å². The molecule has 0 saturated carbocycles. The summed E-state index contributed by atoms with van der Waals surface area (Å²) < 4.78 is 2.59. The molecule has 96 valence electrons. The highest BCUT2D eigenvalue weighted by molar-refractivity contribution is 9.10. The largest absolute Gasteiger partial charge is 0.327 e. The molecular weight excluding hydrogens is 306 g/mol. The van der Waals surface area contributed by atoms with Crippen molar-refractivity contribution in [3.8, 4) is 0 Å². The second-order valence-electron chi connectivity index (χ2n) is 4.34. The molecule has 19 heavy (non-hydrogen) atoms. The van der Waals surface area contributed by atoms with Crippen molar-refractivity contribution >= 4 is 27.1 Å².